The first-order valence-corrected chi connectivity index (χ1v) is 9.89. The van der Waals surface area contributed by atoms with Crippen LogP contribution in [0.4, 0.5) is 5.69 Å². The lowest BCUT2D eigenvalue weighted by molar-refractivity contribution is -0.136. The van der Waals surface area contributed by atoms with Crippen LogP contribution in [0.1, 0.15) is 23.1 Å². The molecule has 0 saturated carbocycles. The highest BCUT2D eigenvalue weighted by Gasteiger charge is 2.38. The Balaban J connectivity index is 1.49. The molecule has 2 aliphatic rings. The zero-order chi connectivity index (χ0) is 20.5. The third-order valence-corrected chi connectivity index (χ3v) is 5.82. The topological polar surface area (TPSA) is 59.1 Å². The molecule has 6 heteroatoms. The summed E-state index contributed by atoms with van der Waals surface area (Å²) in [7, 11) is 3.24. The van der Waals surface area contributed by atoms with Gasteiger partial charge in [-0.15, -0.1) is 0 Å². The first-order chi connectivity index (χ1) is 14.0. The van der Waals surface area contributed by atoms with Crippen LogP contribution in [0.15, 0.2) is 36.4 Å². The minimum Gasteiger partial charge on any atom is -0.493 e. The summed E-state index contributed by atoms with van der Waals surface area (Å²) in [5.41, 5.74) is 4.21. The van der Waals surface area contributed by atoms with Gasteiger partial charge in [-0.2, -0.15) is 0 Å². The van der Waals surface area contributed by atoms with E-state index in [0.717, 1.165) is 23.2 Å². The van der Waals surface area contributed by atoms with Crippen molar-refractivity contribution in [1.29, 1.82) is 0 Å². The minimum absolute atomic E-state index is 0.0118. The molecule has 2 aliphatic heterocycles. The van der Waals surface area contributed by atoms with Gasteiger partial charge in [0, 0.05) is 31.7 Å². The molecule has 0 aliphatic carbocycles. The Morgan fingerprint density at radius 3 is 2.48 bits per heavy atom. The SMILES string of the molecule is COc1cc2c(cc1OC)CN(C(=O)C1CC(=O)N(c3cccc(C)c3)C1)CC2. The fourth-order valence-electron chi connectivity index (χ4n) is 4.25. The van der Waals surface area contributed by atoms with Crippen molar-refractivity contribution in [3.05, 3.63) is 53.1 Å². The van der Waals surface area contributed by atoms with Crippen LogP contribution in [0.5, 0.6) is 11.5 Å². The van der Waals surface area contributed by atoms with Crippen LogP contribution in [0, 0.1) is 12.8 Å². The van der Waals surface area contributed by atoms with E-state index in [1.54, 1.807) is 19.1 Å². The second-order valence-electron chi connectivity index (χ2n) is 7.73. The Kier molecular flexibility index (Phi) is 5.18. The molecule has 1 atom stereocenters. The molecule has 1 unspecified atom stereocenters. The van der Waals surface area contributed by atoms with Crippen molar-refractivity contribution < 1.29 is 19.1 Å². The number of fused-ring (bicyclic) bond motifs is 1. The van der Waals surface area contributed by atoms with E-state index in [1.165, 1.54) is 5.56 Å². The number of amides is 2. The number of benzene rings is 2. The molecule has 0 aromatic heterocycles. The molecule has 0 N–H and O–H groups in total. The van der Waals surface area contributed by atoms with Crippen LogP contribution in [0.3, 0.4) is 0 Å². The Labute approximate surface area is 171 Å². The van der Waals surface area contributed by atoms with Crippen LogP contribution in [-0.4, -0.2) is 44.0 Å². The molecule has 2 amide bonds. The van der Waals surface area contributed by atoms with Crippen molar-refractivity contribution in [1.82, 2.24) is 4.90 Å². The number of methoxy groups -OCH3 is 2. The lowest BCUT2D eigenvalue weighted by atomic mass is 9.97. The van der Waals surface area contributed by atoms with Crippen molar-refractivity contribution in [2.75, 3.05) is 32.2 Å². The molecular weight excluding hydrogens is 368 g/mol. The number of hydrogen-bond acceptors (Lipinski definition) is 4. The van der Waals surface area contributed by atoms with Crippen LogP contribution < -0.4 is 14.4 Å². The number of carbonyl (C=O) groups excluding carboxylic acids is 2. The summed E-state index contributed by atoms with van der Waals surface area (Å²) in [6, 6.07) is 11.8. The zero-order valence-electron chi connectivity index (χ0n) is 17.1. The summed E-state index contributed by atoms with van der Waals surface area (Å²) in [6.07, 6.45) is 1.03. The molecule has 2 aromatic rings. The lowest BCUT2D eigenvalue weighted by Crippen LogP contribution is -2.40. The molecule has 1 saturated heterocycles. The van der Waals surface area contributed by atoms with Crippen LogP contribution in [-0.2, 0) is 22.6 Å². The fourth-order valence-corrected chi connectivity index (χ4v) is 4.25. The van der Waals surface area contributed by atoms with Crippen molar-refractivity contribution >= 4 is 17.5 Å². The monoisotopic (exact) mass is 394 g/mol. The third-order valence-electron chi connectivity index (χ3n) is 5.82. The summed E-state index contributed by atoms with van der Waals surface area (Å²) >= 11 is 0. The minimum atomic E-state index is -0.301. The van der Waals surface area contributed by atoms with Gasteiger partial charge in [0.05, 0.1) is 20.1 Å². The molecule has 4 rings (SSSR count). The standard InChI is InChI=1S/C23H26N2O4/c1-15-5-4-6-19(9-15)25-14-18(12-22(25)26)23(27)24-8-7-16-10-20(28-2)21(29-3)11-17(16)13-24/h4-6,9-11,18H,7-8,12-14H2,1-3H3. The molecule has 0 bridgehead atoms. The van der Waals surface area contributed by atoms with Crippen LogP contribution >= 0.6 is 0 Å². The maximum absolute atomic E-state index is 13.2. The highest BCUT2D eigenvalue weighted by atomic mass is 16.5. The molecule has 2 heterocycles. The summed E-state index contributed by atoms with van der Waals surface area (Å²) in [6.45, 7) is 3.62. The predicted molar refractivity (Wildman–Crippen MR) is 110 cm³/mol. The Morgan fingerprint density at radius 1 is 1.07 bits per heavy atom. The number of carbonyl (C=O) groups is 2. The number of ether oxygens (including phenoxy) is 2. The van der Waals surface area contributed by atoms with E-state index < -0.39 is 0 Å². The maximum Gasteiger partial charge on any atom is 0.228 e. The summed E-state index contributed by atoms with van der Waals surface area (Å²) in [5, 5.41) is 0. The van der Waals surface area contributed by atoms with Gasteiger partial charge >= 0.3 is 0 Å². The van der Waals surface area contributed by atoms with Gasteiger partial charge in [-0.1, -0.05) is 12.1 Å². The normalized spacial score (nSPS) is 18.6. The Bertz CT molecular complexity index is 956. The van der Waals surface area contributed by atoms with Gasteiger partial charge in [0.1, 0.15) is 0 Å². The third kappa shape index (κ3) is 3.67. The lowest BCUT2D eigenvalue weighted by Gasteiger charge is -2.31. The summed E-state index contributed by atoms with van der Waals surface area (Å²) in [5.74, 6) is 1.14. The molecular formula is C23H26N2O4. The molecule has 152 valence electrons. The molecule has 6 nitrogen and oxygen atoms in total. The predicted octanol–water partition coefficient (Wildman–Crippen LogP) is 2.95. The number of rotatable bonds is 4. The van der Waals surface area contributed by atoms with Gasteiger partial charge in [-0.05, 0) is 54.3 Å². The van der Waals surface area contributed by atoms with Gasteiger partial charge < -0.3 is 19.3 Å². The van der Waals surface area contributed by atoms with Crippen molar-refractivity contribution in [2.24, 2.45) is 5.92 Å². The van der Waals surface area contributed by atoms with Gasteiger partial charge in [-0.25, -0.2) is 0 Å². The zero-order valence-corrected chi connectivity index (χ0v) is 17.1. The highest BCUT2D eigenvalue weighted by Crippen LogP contribution is 2.34. The quantitative estimate of drug-likeness (QED) is 0.800. The van der Waals surface area contributed by atoms with Crippen molar-refractivity contribution in [3.8, 4) is 11.5 Å². The highest BCUT2D eigenvalue weighted by molar-refractivity contribution is 6.00. The van der Waals surface area contributed by atoms with Gasteiger partial charge in [-0.3, -0.25) is 9.59 Å². The number of hydrogen-bond donors (Lipinski definition) is 0. The van der Waals surface area contributed by atoms with E-state index in [-0.39, 0.29) is 24.2 Å². The largest absolute Gasteiger partial charge is 0.493 e. The molecule has 2 aromatic carbocycles. The van der Waals surface area contributed by atoms with Crippen LogP contribution in [0.25, 0.3) is 0 Å². The first-order valence-electron chi connectivity index (χ1n) is 9.89. The average Bonchev–Trinajstić information content (AvgIpc) is 3.13. The van der Waals surface area contributed by atoms with Crippen LogP contribution in [0.2, 0.25) is 0 Å². The fraction of sp³-hybridized carbons (Fsp3) is 0.391. The number of aryl methyl sites for hydroxylation is 1. The van der Waals surface area contributed by atoms with E-state index in [0.29, 0.717) is 31.1 Å². The number of anilines is 1. The average molecular weight is 394 g/mol. The van der Waals surface area contributed by atoms with E-state index in [1.807, 2.05) is 48.2 Å². The second kappa shape index (κ2) is 7.78. The molecule has 0 radical (unpaired) electrons. The Morgan fingerprint density at radius 2 is 1.79 bits per heavy atom. The van der Waals surface area contributed by atoms with E-state index in [4.69, 9.17) is 9.47 Å². The maximum atomic E-state index is 13.2. The number of nitrogens with zero attached hydrogens (tertiary/aromatic N) is 2. The van der Waals surface area contributed by atoms with E-state index in [9.17, 15) is 9.59 Å². The smallest absolute Gasteiger partial charge is 0.228 e. The van der Waals surface area contributed by atoms with E-state index >= 15 is 0 Å². The summed E-state index contributed by atoms with van der Waals surface area (Å²) in [4.78, 5) is 29.3. The second-order valence-corrected chi connectivity index (χ2v) is 7.73. The first kappa shape index (κ1) is 19.3. The van der Waals surface area contributed by atoms with Gasteiger partial charge in [0.2, 0.25) is 11.8 Å². The molecule has 29 heavy (non-hydrogen) atoms. The van der Waals surface area contributed by atoms with Gasteiger partial charge in [0.25, 0.3) is 0 Å². The molecule has 0 spiro atoms. The summed E-state index contributed by atoms with van der Waals surface area (Å²) < 4.78 is 10.8. The van der Waals surface area contributed by atoms with Crippen molar-refractivity contribution in [3.63, 3.8) is 0 Å². The Hall–Kier alpha value is -3.02. The van der Waals surface area contributed by atoms with Gasteiger partial charge in [0.15, 0.2) is 11.5 Å². The van der Waals surface area contributed by atoms with Crippen molar-refractivity contribution in [2.45, 2.75) is 26.3 Å². The van der Waals surface area contributed by atoms with E-state index in [2.05, 4.69) is 0 Å². The molecule has 1 fully saturated rings.